The van der Waals surface area contributed by atoms with Gasteiger partial charge in [0.25, 0.3) is 5.89 Å². The first-order valence-corrected chi connectivity index (χ1v) is 12.0. The predicted molar refractivity (Wildman–Crippen MR) is 122 cm³/mol. The van der Waals surface area contributed by atoms with Crippen LogP contribution >= 0.6 is 0 Å². The number of hydrogen-bond donors (Lipinski definition) is 0. The SMILES string of the molecule is COc1ccc(-c2nnc([C@@H](C)OC(=O)c3ccc4c(c3)S(=O)(=O)c3ccccc3C4=O)o2)cc1. The Morgan fingerprint density at radius 1 is 0.943 bits per heavy atom. The molecule has 1 atom stereocenters. The van der Waals surface area contributed by atoms with Crippen LogP contribution in [0.25, 0.3) is 11.5 Å². The maximum atomic E-state index is 13.1. The molecule has 35 heavy (non-hydrogen) atoms. The number of ether oxygens (including phenoxy) is 2. The first kappa shape index (κ1) is 22.5. The number of methoxy groups -OCH3 is 1. The second-order valence-electron chi connectivity index (χ2n) is 7.76. The van der Waals surface area contributed by atoms with Gasteiger partial charge in [-0.05, 0) is 61.5 Å². The number of esters is 1. The highest BCUT2D eigenvalue weighted by atomic mass is 32.2. The molecule has 0 spiro atoms. The van der Waals surface area contributed by atoms with Crippen LogP contribution in [0.4, 0.5) is 0 Å². The van der Waals surface area contributed by atoms with E-state index in [0.29, 0.717) is 11.3 Å². The number of hydrogen-bond acceptors (Lipinski definition) is 9. The van der Waals surface area contributed by atoms with Gasteiger partial charge in [0.1, 0.15) is 5.75 Å². The Hall–Kier alpha value is -4.31. The van der Waals surface area contributed by atoms with Crippen LogP contribution in [0.15, 0.2) is 80.9 Å². The number of carbonyl (C=O) groups excluding carboxylic acids is 2. The number of benzene rings is 3. The summed E-state index contributed by atoms with van der Waals surface area (Å²) in [5, 5.41) is 7.93. The molecule has 0 bridgehead atoms. The molecule has 10 heteroatoms. The molecular formula is C25H18N2O7S. The fourth-order valence-electron chi connectivity index (χ4n) is 3.74. The summed E-state index contributed by atoms with van der Waals surface area (Å²) in [4.78, 5) is 25.3. The van der Waals surface area contributed by atoms with Crippen molar-refractivity contribution in [2.24, 2.45) is 0 Å². The van der Waals surface area contributed by atoms with Gasteiger partial charge in [0, 0.05) is 16.7 Å². The molecule has 0 radical (unpaired) electrons. The largest absolute Gasteiger partial charge is 0.497 e. The van der Waals surface area contributed by atoms with E-state index in [-0.39, 0.29) is 38.3 Å². The molecule has 0 fully saturated rings. The third-order valence-electron chi connectivity index (χ3n) is 5.58. The Labute approximate surface area is 200 Å². The summed E-state index contributed by atoms with van der Waals surface area (Å²) >= 11 is 0. The van der Waals surface area contributed by atoms with Crippen molar-refractivity contribution in [3.05, 3.63) is 89.3 Å². The van der Waals surface area contributed by atoms with Gasteiger partial charge in [-0.2, -0.15) is 0 Å². The minimum absolute atomic E-state index is 0.00864. The quantitative estimate of drug-likeness (QED) is 0.336. The van der Waals surface area contributed by atoms with Gasteiger partial charge in [0.2, 0.25) is 15.7 Å². The lowest BCUT2D eigenvalue weighted by molar-refractivity contribution is 0.0279. The number of aromatic nitrogens is 2. The van der Waals surface area contributed by atoms with E-state index in [4.69, 9.17) is 13.9 Å². The molecule has 0 amide bonds. The molecule has 0 saturated heterocycles. The maximum Gasteiger partial charge on any atom is 0.338 e. The molecule has 9 nitrogen and oxygen atoms in total. The second-order valence-corrected chi connectivity index (χ2v) is 9.65. The molecule has 1 aliphatic heterocycles. The van der Waals surface area contributed by atoms with Gasteiger partial charge in [-0.15, -0.1) is 10.2 Å². The van der Waals surface area contributed by atoms with Crippen molar-refractivity contribution in [3.8, 4) is 17.2 Å². The van der Waals surface area contributed by atoms with E-state index >= 15 is 0 Å². The zero-order valence-electron chi connectivity index (χ0n) is 18.6. The fourth-order valence-corrected chi connectivity index (χ4v) is 5.42. The third kappa shape index (κ3) is 3.87. The molecule has 0 N–H and O–H groups in total. The Bertz CT molecular complexity index is 1570. The standard InChI is InChI=1S/C25H18N2O7S/c1-14(23-26-27-24(34-23)15-7-10-17(32-2)11-8-15)33-25(29)16-9-12-19-21(13-16)35(30,31)20-6-4-3-5-18(20)22(19)28/h3-14H,1-2H3/t14-/m1/s1. The number of rotatable bonds is 5. The molecule has 1 aromatic heterocycles. The average molecular weight is 490 g/mol. The number of sulfone groups is 1. The van der Waals surface area contributed by atoms with Crippen molar-refractivity contribution in [1.82, 2.24) is 10.2 Å². The van der Waals surface area contributed by atoms with E-state index in [2.05, 4.69) is 10.2 Å². The highest BCUT2D eigenvalue weighted by Crippen LogP contribution is 2.35. The normalized spacial score (nSPS) is 14.5. The minimum atomic E-state index is -3.98. The van der Waals surface area contributed by atoms with E-state index < -0.39 is 27.7 Å². The lowest BCUT2D eigenvalue weighted by Crippen LogP contribution is -2.21. The van der Waals surface area contributed by atoms with Crippen LogP contribution in [0.5, 0.6) is 5.75 Å². The highest BCUT2D eigenvalue weighted by Gasteiger charge is 2.35. The molecule has 0 aliphatic carbocycles. The van der Waals surface area contributed by atoms with Crippen LogP contribution in [-0.2, 0) is 14.6 Å². The molecule has 176 valence electrons. The van der Waals surface area contributed by atoms with Gasteiger partial charge in [-0.3, -0.25) is 4.79 Å². The average Bonchev–Trinajstić information content (AvgIpc) is 3.38. The van der Waals surface area contributed by atoms with Crippen LogP contribution in [0.3, 0.4) is 0 Å². The molecule has 2 heterocycles. The van der Waals surface area contributed by atoms with Crippen LogP contribution in [0.1, 0.15) is 45.2 Å². The van der Waals surface area contributed by atoms with Crippen molar-refractivity contribution in [2.45, 2.75) is 22.8 Å². The first-order chi connectivity index (χ1) is 16.8. The molecule has 0 saturated carbocycles. The molecule has 4 aromatic rings. The minimum Gasteiger partial charge on any atom is -0.497 e. The van der Waals surface area contributed by atoms with Gasteiger partial charge in [-0.1, -0.05) is 12.1 Å². The van der Waals surface area contributed by atoms with Crippen molar-refractivity contribution < 1.29 is 31.9 Å². The predicted octanol–water partition coefficient (Wildman–Crippen LogP) is 4.04. The zero-order valence-corrected chi connectivity index (χ0v) is 19.4. The van der Waals surface area contributed by atoms with Crippen molar-refractivity contribution in [2.75, 3.05) is 7.11 Å². The summed E-state index contributed by atoms with van der Waals surface area (Å²) < 4.78 is 42.4. The van der Waals surface area contributed by atoms with Gasteiger partial charge in [0.15, 0.2) is 11.9 Å². The summed E-state index contributed by atoms with van der Waals surface area (Å²) in [5.74, 6) is -0.240. The Morgan fingerprint density at radius 2 is 1.66 bits per heavy atom. The van der Waals surface area contributed by atoms with Crippen molar-refractivity contribution in [3.63, 3.8) is 0 Å². The molecular weight excluding hydrogens is 472 g/mol. The summed E-state index contributed by atoms with van der Waals surface area (Å²) in [6.45, 7) is 1.55. The van der Waals surface area contributed by atoms with E-state index in [0.717, 1.165) is 6.07 Å². The number of carbonyl (C=O) groups is 2. The topological polar surface area (TPSA) is 126 Å². The Balaban J connectivity index is 1.38. The van der Waals surface area contributed by atoms with E-state index in [9.17, 15) is 18.0 Å². The number of ketones is 1. The summed E-state index contributed by atoms with van der Waals surface area (Å²) in [6, 6.07) is 16.8. The number of nitrogens with zero attached hydrogens (tertiary/aromatic N) is 2. The monoisotopic (exact) mass is 490 g/mol. The maximum absolute atomic E-state index is 13.1. The van der Waals surface area contributed by atoms with Crippen LogP contribution in [0, 0.1) is 0 Å². The highest BCUT2D eigenvalue weighted by molar-refractivity contribution is 7.91. The number of fused-ring (bicyclic) bond motifs is 2. The van der Waals surface area contributed by atoms with Crippen LogP contribution in [-0.4, -0.2) is 37.5 Å². The fraction of sp³-hybridized carbons (Fsp3) is 0.120. The van der Waals surface area contributed by atoms with Gasteiger partial charge in [-0.25, -0.2) is 13.2 Å². The molecule has 0 unspecified atom stereocenters. The summed E-state index contributed by atoms with van der Waals surface area (Å²) in [7, 11) is -2.42. The Kier molecular flexibility index (Phi) is 5.45. The zero-order chi connectivity index (χ0) is 24.7. The summed E-state index contributed by atoms with van der Waals surface area (Å²) in [6.07, 6.45) is -0.906. The van der Waals surface area contributed by atoms with Gasteiger partial charge < -0.3 is 13.9 Å². The Morgan fingerprint density at radius 3 is 2.40 bits per heavy atom. The van der Waals surface area contributed by atoms with E-state index in [1.807, 2.05) is 0 Å². The first-order valence-electron chi connectivity index (χ1n) is 10.5. The summed E-state index contributed by atoms with van der Waals surface area (Å²) in [5.41, 5.74) is 0.747. The molecule has 3 aromatic carbocycles. The smallest absolute Gasteiger partial charge is 0.338 e. The van der Waals surface area contributed by atoms with Crippen LogP contribution in [0.2, 0.25) is 0 Å². The van der Waals surface area contributed by atoms with Crippen molar-refractivity contribution in [1.29, 1.82) is 0 Å². The van der Waals surface area contributed by atoms with Crippen molar-refractivity contribution >= 4 is 21.6 Å². The van der Waals surface area contributed by atoms with E-state index in [1.54, 1.807) is 50.4 Å². The third-order valence-corrected chi connectivity index (χ3v) is 7.43. The molecule has 5 rings (SSSR count). The van der Waals surface area contributed by atoms with Crippen LogP contribution < -0.4 is 4.74 Å². The lowest BCUT2D eigenvalue weighted by Gasteiger charge is -2.19. The lowest BCUT2D eigenvalue weighted by atomic mass is 10.0. The second kappa shape index (κ2) is 8.48. The van der Waals surface area contributed by atoms with Gasteiger partial charge in [0.05, 0.1) is 22.5 Å². The van der Waals surface area contributed by atoms with Gasteiger partial charge >= 0.3 is 5.97 Å². The van der Waals surface area contributed by atoms with E-state index in [1.165, 1.54) is 24.3 Å². The molecule has 1 aliphatic rings.